The maximum atomic E-state index is 13.7. The molecule has 0 saturated heterocycles. The second kappa shape index (κ2) is 11.8. The summed E-state index contributed by atoms with van der Waals surface area (Å²) >= 11 is 6.73. The molecular formula is C30H17Br2N5O7. The molecule has 2 aromatic heterocycles. The van der Waals surface area contributed by atoms with Crippen molar-refractivity contribution in [3.05, 3.63) is 136 Å². The van der Waals surface area contributed by atoms with Gasteiger partial charge in [-0.25, -0.2) is 4.98 Å². The highest BCUT2D eigenvalue weighted by molar-refractivity contribution is 9.10. The number of non-ortho nitro benzene ring substituents is 1. The Balaban J connectivity index is 1.48. The Kier molecular flexibility index (Phi) is 7.76. The summed E-state index contributed by atoms with van der Waals surface area (Å²) < 4.78 is 14.1. The van der Waals surface area contributed by atoms with E-state index in [1.807, 2.05) is 12.1 Å². The average Bonchev–Trinajstić information content (AvgIpc) is 3.43. The van der Waals surface area contributed by atoms with Gasteiger partial charge in [-0.15, -0.1) is 0 Å². The van der Waals surface area contributed by atoms with Gasteiger partial charge in [0.25, 0.3) is 11.2 Å². The van der Waals surface area contributed by atoms with Crippen molar-refractivity contribution >= 4 is 71.3 Å². The number of ether oxygens (including phenoxy) is 1. The van der Waals surface area contributed by atoms with Gasteiger partial charge < -0.3 is 9.15 Å². The molecule has 0 aliphatic rings. The molecular weight excluding hydrogens is 702 g/mol. The topological polar surface area (TPSA) is 156 Å². The lowest BCUT2D eigenvalue weighted by Crippen LogP contribution is -2.20. The fraction of sp³-hybridized carbons (Fsp3) is 0.0333. The van der Waals surface area contributed by atoms with Crippen LogP contribution in [0.4, 0.5) is 11.4 Å². The SMILES string of the molecule is O=c1c2ccccc2nc(-c2cc3cc(Br)ccc3o2)n1N=Cc1cc(Br)cc([N+](=O)[O-])c1OCc1cccc([N+](=O)[O-])c1. The standard InChI is InChI=1S/C30H17Br2N5O7/c31-20-8-9-26-18(11-20)13-27(44-26)29-34-24-7-2-1-6-23(24)30(38)35(29)33-15-19-12-21(32)14-25(37(41)42)28(19)43-16-17-4-3-5-22(10-17)36(39)40/h1-15H,16H2. The lowest BCUT2D eigenvalue weighted by atomic mass is 10.1. The monoisotopic (exact) mass is 717 g/mol. The second-order valence-electron chi connectivity index (χ2n) is 9.42. The van der Waals surface area contributed by atoms with Crippen molar-refractivity contribution in [1.29, 1.82) is 0 Å². The van der Waals surface area contributed by atoms with Crippen LogP contribution in [0.2, 0.25) is 0 Å². The molecule has 14 heteroatoms. The number of aromatic nitrogens is 2. The molecule has 6 rings (SSSR count). The maximum Gasteiger partial charge on any atom is 0.312 e. The van der Waals surface area contributed by atoms with Crippen molar-refractivity contribution < 1.29 is 19.0 Å². The van der Waals surface area contributed by atoms with E-state index in [1.54, 1.807) is 42.5 Å². The molecule has 0 radical (unpaired) electrons. The van der Waals surface area contributed by atoms with Crippen molar-refractivity contribution in [2.75, 3.05) is 0 Å². The smallest absolute Gasteiger partial charge is 0.312 e. The number of hydrogen-bond acceptors (Lipinski definition) is 9. The Morgan fingerprint density at radius 3 is 2.55 bits per heavy atom. The lowest BCUT2D eigenvalue weighted by Gasteiger charge is -2.11. The summed E-state index contributed by atoms with van der Waals surface area (Å²) in [4.78, 5) is 40.4. The highest BCUT2D eigenvalue weighted by Gasteiger charge is 2.22. The van der Waals surface area contributed by atoms with Crippen molar-refractivity contribution in [3.63, 3.8) is 0 Å². The first-order chi connectivity index (χ1) is 21.2. The summed E-state index contributed by atoms with van der Waals surface area (Å²) in [5.74, 6) is 0.242. The van der Waals surface area contributed by atoms with E-state index in [9.17, 15) is 25.0 Å². The van der Waals surface area contributed by atoms with Crippen LogP contribution in [0.1, 0.15) is 11.1 Å². The normalized spacial score (nSPS) is 11.4. The zero-order chi connectivity index (χ0) is 31.0. The Labute approximate surface area is 263 Å². The summed E-state index contributed by atoms with van der Waals surface area (Å²) in [7, 11) is 0. The third-order valence-corrected chi connectivity index (χ3v) is 7.48. The Hall–Kier alpha value is -5.21. The molecule has 0 atom stereocenters. The van der Waals surface area contributed by atoms with Crippen molar-refractivity contribution in [2.45, 2.75) is 6.61 Å². The summed E-state index contributed by atoms with van der Waals surface area (Å²) in [5.41, 5.74) is 0.571. The first-order valence-corrected chi connectivity index (χ1v) is 14.4. The van der Waals surface area contributed by atoms with Crippen LogP contribution in [0.25, 0.3) is 33.5 Å². The Bertz CT molecular complexity index is 2210. The van der Waals surface area contributed by atoms with E-state index in [1.165, 1.54) is 36.5 Å². The summed E-state index contributed by atoms with van der Waals surface area (Å²) in [6, 6.07) is 22.5. The van der Waals surface area contributed by atoms with Gasteiger partial charge in [-0.3, -0.25) is 25.0 Å². The molecule has 44 heavy (non-hydrogen) atoms. The van der Waals surface area contributed by atoms with E-state index in [0.717, 1.165) is 14.5 Å². The third kappa shape index (κ3) is 5.72. The Morgan fingerprint density at radius 2 is 1.75 bits per heavy atom. The van der Waals surface area contributed by atoms with Crippen LogP contribution in [-0.4, -0.2) is 25.7 Å². The highest BCUT2D eigenvalue weighted by atomic mass is 79.9. The van der Waals surface area contributed by atoms with Crippen LogP contribution in [0.3, 0.4) is 0 Å². The molecule has 0 saturated carbocycles. The number of para-hydroxylation sites is 1. The average molecular weight is 719 g/mol. The molecule has 0 fully saturated rings. The van der Waals surface area contributed by atoms with E-state index >= 15 is 0 Å². The summed E-state index contributed by atoms with van der Waals surface area (Å²) in [5, 5.41) is 28.7. The summed E-state index contributed by atoms with van der Waals surface area (Å²) in [6.45, 7) is -0.206. The molecule has 6 aromatic rings. The minimum Gasteiger partial charge on any atom is -0.481 e. The minimum absolute atomic E-state index is 0.112. The molecule has 2 heterocycles. The first-order valence-electron chi connectivity index (χ1n) is 12.8. The largest absolute Gasteiger partial charge is 0.481 e. The zero-order valence-corrected chi connectivity index (χ0v) is 25.4. The summed E-state index contributed by atoms with van der Waals surface area (Å²) in [6.07, 6.45) is 1.25. The van der Waals surface area contributed by atoms with E-state index < -0.39 is 15.4 Å². The second-order valence-corrected chi connectivity index (χ2v) is 11.3. The van der Waals surface area contributed by atoms with Crippen molar-refractivity contribution in [1.82, 2.24) is 9.66 Å². The molecule has 0 spiro atoms. The predicted molar refractivity (Wildman–Crippen MR) is 170 cm³/mol. The molecule has 0 bridgehead atoms. The number of furan rings is 1. The molecule has 0 aliphatic heterocycles. The number of nitro groups is 2. The van der Waals surface area contributed by atoms with Crippen LogP contribution < -0.4 is 10.3 Å². The number of nitrogens with zero attached hydrogens (tertiary/aromatic N) is 5. The van der Waals surface area contributed by atoms with Crippen LogP contribution >= 0.6 is 31.9 Å². The molecule has 0 N–H and O–H groups in total. The van der Waals surface area contributed by atoms with Gasteiger partial charge in [0.05, 0.1) is 27.0 Å². The number of halogens is 2. The van der Waals surface area contributed by atoms with E-state index in [0.29, 0.717) is 26.5 Å². The fourth-order valence-electron chi connectivity index (χ4n) is 4.54. The number of benzene rings is 4. The van der Waals surface area contributed by atoms with Gasteiger partial charge >= 0.3 is 5.69 Å². The van der Waals surface area contributed by atoms with E-state index in [2.05, 4.69) is 41.9 Å². The quantitative estimate of drug-likeness (QED) is 0.0884. The Morgan fingerprint density at radius 1 is 0.932 bits per heavy atom. The molecule has 12 nitrogen and oxygen atoms in total. The number of rotatable bonds is 8. The minimum atomic E-state index is -0.618. The van der Waals surface area contributed by atoms with Gasteiger partial charge in [-0.1, -0.05) is 56.1 Å². The van der Waals surface area contributed by atoms with Gasteiger partial charge in [-0.05, 0) is 48.0 Å². The van der Waals surface area contributed by atoms with Crippen molar-refractivity contribution in [2.24, 2.45) is 5.10 Å². The van der Waals surface area contributed by atoms with Crippen LogP contribution in [0.5, 0.6) is 5.75 Å². The van der Waals surface area contributed by atoms with Crippen LogP contribution in [-0.2, 0) is 6.61 Å². The number of hydrogen-bond donors (Lipinski definition) is 0. The first kappa shape index (κ1) is 28.9. The number of nitro benzene ring substituents is 2. The maximum absolute atomic E-state index is 13.7. The van der Waals surface area contributed by atoms with E-state index in [-0.39, 0.29) is 40.9 Å². The van der Waals surface area contributed by atoms with Gasteiger partial charge in [0.15, 0.2) is 5.76 Å². The molecule has 218 valence electrons. The third-order valence-electron chi connectivity index (χ3n) is 6.53. The van der Waals surface area contributed by atoms with Gasteiger partial charge in [-0.2, -0.15) is 9.78 Å². The molecule has 4 aromatic carbocycles. The van der Waals surface area contributed by atoms with Crippen molar-refractivity contribution in [3.8, 4) is 17.3 Å². The zero-order valence-electron chi connectivity index (χ0n) is 22.2. The highest BCUT2D eigenvalue weighted by Crippen LogP contribution is 2.35. The van der Waals surface area contributed by atoms with Crippen LogP contribution in [0, 0.1) is 20.2 Å². The van der Waals surface area contributed by atoms with Gasteiger partial charge in [0, 0.05) is 38.1 Å². The predicted octanol–water partition coefficient (Wildman–Crippen LogP) is 7.61. The fourth-order valence-corrected chi connectivity index (χ4v) is 5.38. The molecule has 0 amide bonds. The van der Waals surface area contributed by atoms with Gasteiger partial charge in [0.1, 0.15) is 12.2 Å². The van der Waals surface area contributed by atoms with E-state index in [4.69, 9.17) is 9.15 Å². The number of fused-ring (bicyclic) bond motifs is 2. The molecule has 0 aliphatic carbocycles. The van der Waals surface area contributed by atoms with Crippen LogP contribution in [0.15, 0.2) is 108 Å². The molecule has 0 unspecified atom stereocenters. The van der Waals surface area contributed by atoms with Gasteiger partial charge in [0.2, 0.25) is 11.6 Å². The lowest BCUT2D eigenvalue weighted by molar-refractivity contribution is -0.386.